The lowest BCUT2D eigenvalue weighted by Crippen LogP contribution is -2.20. The van der Waals surface area contributed by atoms with E-state index in [2.05, 4.69) is 67.0 Å². The number of allylic oxidation sites excluding steroid dienone is 5. The molecule has 1 nitrogen and oxygen atoms in total. The molecule has 0 bridgehead atoms. The molecule has 0 heterocycles. The maximum Gasteiger partial charge on any atom is 0.0461 e. The van der Waals surface area contributed by atoms with E-state index in [9.17, 15) is 0 Å². The van der Waals surface area contributed by atoms with Crippen LogP contribution in [0, 0.1) is 0 Å². The van der Waals surface area contributed by atoms with Gasteiger partial charge in [0.15, 0.2) is 0 Å². The summed E-state index contributed by atoms with van der Waals surface area (Å²) < 4.78 is 0. The third kappa shape index (κ3) is 3.25. The Morgan fingerprint density at radius 1 is 1.26 bits per heavy atom. The van der Waals surface area contributed by atoms with Crippen LogP contribution in [0.2, 0.25) is 0 Å². The van der Waals surface area contributed by atoms with Crippen LogP contribution >= 0.6 is 0 Å². The highest BCUT2D eigenvalue weighted by molar-refractivity contribution is 5.62. The summed E-state index contributed by atoms with van der Waals surface area (Å²) in [6.07, 6.45) is 14.1. The molecule has 0 aromatic heterocycles. The van der Waals surface area contributed by atoms with Crippen LogP contribution in [0.3, 0.4) is 0 Å². The second-order valence-corrected chi connectivity index (χ2v) is 4.52. The highest BCUT2D eigenvalue weighted by Crippen LogP contribution is 2.27. The number of hydrogen-bond acceptors (Lipinski definition) is 1. The summed E-state index contributed by atoms with van der Waals surface area (Å²) in [6.45, 7) is 6.11. The SMILES string of the molecule is C=C/C(=C\CC)N(C1=CCCC=C1)c1ccccc1. The molecular formula is C18H21N. The molecule has 0 N–H and O–H groups in total. The molecule has 1 aliphatic carbocycles. The number of nitrogens with zero attached hydrogens (tertiary/aromatic N) is 1. The molecule has 0 fully saturated rings. The molecule has 1 aromatic rings. The van der Waals surface area contributed by atoms with E-state index >= 15 is 0 Å². The van der Waals surface area contributed by atoms with Gasteiger partial charge in [-0.2, -0.15) is 0 Å². The van der Waals surface area contributed by atoms with Gasteiger partial charge in [-0.05, 0) is 43.5 Å². The van der Waals surface area contributed by atoms with E-state index in [1.165, 1.54) is 11.4 Å². The molecule has 0 aliphatic heterocycles. The van der Waals surface area contributed by atoms with E-state index in [1.54, 1.807) is 0 Å². The molecule has 0 radical (unpaired) electrons. The van der Waals surface area contributed by atoms with Gasteiger partial charge in [0.2, 0.25) is 0 Å². The van der Waals surface area contributed by atoms with Crippen LogP contribution in [-0.2, 0) is 0 Å². The highest BCUT2D eigenvalue weighted by Gasteiger charge is 2.13. The van der Waals surface area contributed by atoms with Gasteiger partial charge < -0.3 is 4.90 Å². The van der Waals surface area contributed by atoms with Gasteiger partial charge in [-0.25, -0.2) is 0 Å². The Labute approximate surface area is 116 Å². The van der Waals surface area contributed by atoms with Gasteiger partial charge in [0.05, 0.1) is 0 Å². The van der Waals surface area contributed by atoms with Gasteiger partial charge in [0, 0.05) is 17.1 Å². The summed E-state index contributed by atoms with van der Waals surface area (Å²) >= 11 is 0. The summed E-state index contributed by atoms with van der Waals surface area (Å²) in [5, 5.41) is 0. The number of hydrogen-bond donors (Lipinski definition) is 0. The fraction of sp³-hybridized carbons (Fsp3) is 0.222. The zero-order valence-electron chi connectivity index (χ0n) is 11.5. The first-order chi connectivity index (χ1) is 9.36. The quantitative estimate of drug-likeness (QED) is 0.649. The number of benzene rings is 1. The molecule has 1 heteroatoms. The van der Waals surface area contributed by atoms with E-state index in [1.807, 2.05) is 12.1 Å². The Morgan fingerprint density at radius 2 is 2.05 bits per heavy atom. The minimum absolute atomic E-state index is 1.00. The molecule has 0 amide bonds. The summed E-state index contributed by atoms with van der Waals surface area (Å²) in [5.74, 6) is 0. The maximum absolute atomic E-state index is 3.96. The van der Waals surface area contributed by atoms with Crippen molar-refractivity contribution in [3.05, 3.63) is 78.7 Å². The lowest BCUT2D eigenvalue weighted by atomic mass is 10.1. The van der Waals surface area contributed by atoms with Gasteiger partial charge in [0.25, 0.3) is 0 Å². The van der Waals surface area contributed by atoms with Crippen LogP contribution in [0.15, 0.2) is 78.7 Å². The van der Waals surface area contributed by atoms with E-state index < -0.39 is 0 Å². The van der Waals surface area contributed by atoms with Gasteiger partial charge in [0.1, 0.15) is 0 Å². The van der Waals surface area contributed by atoms with Crippen molar-refractivity contribution < 1.29 is 0 Å². The lowest BCUT2D eigenvalue weighted by molar-refractivity contribution is 0.983. The molecular weight excluding hydrogens is 230 g/mol. The molecule has 19 heavy (non-hydrogen) atoms. The van der Waals surface area contributed by atoms with Crippen LogP contribution in [0.1, 0.15) is 26.2 Å². The molecule has 0 atom stereocenters. The Kier molecular flexibility index (Phi) is 4.79. The third-order valence-electron chi connectivity index (χ3n) is 3.13. The predicted octanol–water partition coefficient (Wildman–Crippen LogP) is 5.21. The number of rotatable bonds is 5. The van der Waals surface area contributed by atoms with Crippen molar-refractivity contribution in [3.63, 3.8) is 0 Å². The van der Waals surface area contributed by atoms with E-state index in [4.69, 9.17) is 0 Å². The first-order valence-electron chi connectivity index (χ1n) is 6.91. The predicted molar refractivity (Wildman–Crippen MR) is 83.9 cm³/mol. The molecule has 2 rings (SSSR count). The standard InChI is InChI=1S/C18H21N/c1-3-11-16(4-2)19(17-12-7-5-8-13-17)18-14-9-6-10-15-18/h4-5,7-9,11-15H,2-3,6,10H2,1H3/b16-11+. The third-order valence-corrected chi connectivity index (χ3v) is 3.13. The minimum atomic E-state index is 1.00. The van der Waals surface area contributed by atoms with Crippen molar-refractivity contribution >= 4 is 5.69 Å². The molecule has 0 saturated heterocycles. The van der Waals surface area contributed by atoms with Crippen molar-refractivity contribution in [2.45, 2.75) is 26.2 Å². The van der Waals surface area contributed by atoms with Crippen LogP contribution in [-0.4, -0.2) is 0 Å². The average Bonchev–Trinajstić information content (AvgIpc) is 2.49. The van der Waals surface area contributed by atoms with Crippen LogP contribution < -0.4 is 4.90 Å². The molecule has 1 aromatic carbocycles. The summed E-state index contributed by atoms with van der Waals surface area (Å²) in [5.41, 5.74) is 3.56. The smallest absolute Gasteiger partial charge is 0.0461 e. The van der Waals surface area contributed by atoms with Gasteiger partial charge in [-0.1, -0.05) is 49.9 Å². The monoisotopic (exact) mass is 251 g/mol. The Bertz CT molecular complexity index is 498. The maximum atomic E-state index is 3.96. The van der Waals surface area contributed by atoms with E-state index in [0.717, 1.165) is 25.0 Å². The Hall–Kier alpha value is -2.02. The van der Waals surface area contributed by atoms with Gasteiger partial charge in [-0.3, -0.25) is 0 Å². The Balaban J connectivity index is 2.44. The van der Waals surface area contributed by atoms with E-state index in [-0.39, 0.29) is 0 Å². The zero-order chi connectivity index (χ0) is 13.5. The topological polar surface area (TPSA) is 3.24 Å². The molecule has 98 valence electrons. The minimum Gasteiger partial charge on any atom is -0.311 e. The molecule has 0 saturated carbocycles. The lowest BCUT2D eigenvalue weighted by Gasteiger charge is -2.28. The summed E-state index contributed by atoms with van der Waals surface area (Å²) in [6, 6.07) is 10.5. The second kappa shape index (κ2) is 6.79. The number of anilines is 1. The second-order valence-electron chi connectivity index (χ2n) is 4.52. The van der Waals surface area contributed by atoms with Crippen molar-refractivity contribution in [2.75, 3.05) is 4.90 Å². The fourth-order valence-electron chi connectivity index (χ4n) is 2.26. The van der Waals surface area contributed by atoms with Crippen LogP contribution in [0.25, 0.3) is 0 Å². The van der Waals surface area contributed by atoms with Crippen molar-refractivity contribution in [3.8, 4) is 0 Å². The molecule has 0 unspecified atom stereocenters. The van der Waals surface area contributed by atoms with Crippen molar-refractivity contribution in [1.29, 1.82) is 0 Å². The summed E-state index contributed by atoms with van der Waals surface area (Å²) in [4.78, 5) is 2.27. The zero-order valence-corrected chi connectivity index (χ0v) is 11.5. The largest absolute Gasteiger partial charge is 0.311 e. The van der Waals surface area contributed by atoms with Gasteiger partial charge in [-0.15, -0.1) is 0 Å². The molecule has 0 spiro atoms. The van der Waals surface area contributed by atoms with Crippen LogP contribution in [0.5, 0.6) is 0 Å². The number of para-hydroxylation sites is 1. The fourth-order valence-corrected chi connectivity index (χ4v) is 2.26. The highest BCUT2D eigenvalue weighted by atomic mass is 15.1. The van der Waals surface area contributed by atoms with Gasteiger partial charge >= 0.3 is 0 Å². The first kappa shape index (κ1) is 13.4. The van der Waals surface area contributed by atoms with Crippen LogP contribution in [0.4, 0.5) is 5.69 Å². The van der Waals surface area contributed by atoms with Crippen molar-refractivity contribution in [1.82, 2.24) is 0 Å². The molecule has 1 aliphatic rings. The summed E-state index contributed by atoms with van der Waals surface area (Å²) in [7, 11) is 0. The van der Waals surface area contributed by atoms with Crippen molar-refractivity contribution in [2.24, 2.45) is 0 Å². The van der Waals surface area contributed by atoms with E-state index in [0.29, 0.717) is 0 Å². The average molecular weight is 251 g/mol. The first-order valence-corrected chi connectivity index (χ1v) is 6.91. The normalized spacial score (nSPS) is 15.0. The Morgan fingerprint density at radius 3 is 2.63 bits per heavy atom.